The van der Waals surface area contributed by atoms with Crippen LogP contribution in [0.25, 0.3) is 22.6 Å². The molecule has 0 atom stereocenters. The molecule has 1 amide bonds. The molecule has 0 radical (unpaired) electrons. The van der Waals surface area contributed by atoms with E-state index in [1.54, 1.807) is 23.7 Å². The van der Waals surface area contributed by atoms with E-state index in [1.807, 2.05) is 0 Å². The average molecular weight is 365 g/mol. The van der Waals surface area contributed by atoms with E-state index in [-0.39, 0.29) is 0 Å². The van der Waals surface area contributed by atoms with Crippen LogP contribution in [-0.2, 0) is 0 Å². The number of nitrogens with zero attached hydrogens (tertiary/aromatic N) is 2. The summed E-state index contributed by atoms with van der Waals surface area (Å²) >= 11 is 0. The Hall–Kier alpha value is -2.86. The van der Waals surface area contributed by atoms with Gasteiger partial charge in [0.1, 0.15) is 5.52 Å². The Labute approximate surface area is 157 Å². The Morgan fingerprint density at radius 1 is 1.19 bits per heavy atom. The van der Waals surface area contributed by atoms with Crippen LogP contribution in [0.3, 0.4) is 0 Å². The van der Waals surface area contributed by atoms with Crippen LogP contribution in [0.1, 0.15) is 48.5 Å². The van der Waals surface area contributed by atoms with Gasteiger partial charge in [-0.2, -0.15) is 0 Å². The first-order valence-corrected chi connectivity index (χ1v) is 9.31. The molecule has 140 valence electrons. The molecule has 1 aliphatic heterocycles. The fourth-order valence-corrected chi connectivity index (χ4v) is 3.56. The standard InChI is InChI=1S/C21H23N3O3/c1-13(2)14-5-7-16(18(12-14)24-9-3-4-10-24)21-22-17-11-15(20(25)23-26)6-8-19(17)27-21/h5-8,11-13,26H,3-4,9-10H2,1-2H3,(H,23,25). The molecule has 0 saturated carbocycles. The third kappa shape index (κ3) is 3.28. The normalized spacial score (nSPS) is 14.3. The van der Waals surface area contributed by atoms with Crippen LogP contribution in [0.15, 0.2) is 40.8 Å². The number of carbonyl (C=O) groups excluding carboxylic acids is 1. The van der Waals surface area contributed by atoms with Crippen molar-refractivity contribution in [2.24, 2.45) is 0 Å². The number of hydroxylamine groups is 1. The van der Waals surface area contributed by atoms with Gasteiger partial charge >= 0.3 is 0 Å². The highest BCUT2D eigenvalue weighted by Crippen LogP contribution is 2.36. The van der Waals surface area contributed by atoms with Crippen LogP contribution < -0.4 is 10.4 Å². The zero-order chi connectivity index (χ0) is 19.0. The van der Waals surface area contributed by atoms with Crippen LogP contribution in [-0.4, -0.2) is 29.2 Å². The van der Waals surface area contributed by atoms with E-state index >= 15 is 0 Å². The minimum Gasteiger partial charge on any atom is -0.436 e. The molecule has 0 unspecified atom stereocenters. The smallest absolute Gasteiger partial charge is 0.274 e. The topological polar surface area (TPSA) is 78.6 Å². The Bertz CT molecular complexity index is 988. The maximum Gasteiger partial charge on any atom is 0.274 e. The first-order chi connectivity index (χ1) is 13.1. The van der Waals surface area contributed by atoms with E-state index in [2.05, 4.69) is 41.9 Å². The molecule has 3 aromatic rings. The van der Waals surface area contributed by atoms with Crippen LogP contribution in [0.5, 0.6) is 0 Å². The van der Waals surface area contributed by atoms with Crippen molar-refractivity contribution in [2.75, 3.05) is 18.0 Å². The van der Waals surface area contributed by atoms with Gasteiger partial charge in [-0.1, -0.05) is 19.9 Å². The maximum atomic E-state index is 11.6. The van der Waals surface area contributed by atoms with E-state index in [0.717, 1.165) is 24.3 Å². The van der Waals surface area contributed by atoms with Gasteiger partial charge in [-0.15, -0.1) is 0 Å². The first-order valence-electron chi connectivity index (χ1n) is 9.31. The summed E-state index contributed by atoms with van der Waals surface area (Å²) in [4.78, 5) is 18.6. The maximum absolute atomic E-state index is 11.6. The van der Waals surface area contributed by atoms with Crippen molar-refractivity contribution in [1.29, 1.82) is 0 Å². The Morgan fingerprint density at radius 3 is 2.67 bits per heavy atom. The van der Waals surface area contributed by atoms with E-state index in [0.29, 0.717) is 28.5 Å². The molecule has 1 aromatic heterocycles. The molecule has 0 aliphatic carbocycles. The highest BCUT2D eigenvalue weighted by atomic mass is 16.5. The Balaban J connectivity index is 1.81. The van der Waals surface area contributed by atoms with Crippen molar-refractivity contribution in [2.45, 2.75) is 32.6 Å². The molecular formula is C21H23N3O3. The molecule has 27 heavy (non-hydrogen) atoms. The molecule has 0 spiro atoms. The van der Waals surface area contributed by atoms with Crippen molar-refractivity contribution < 1.29 is 14.4 Å². The summed E-state index contributed by atoms with van der Waals surface area (Å²) in [6.07, 6.45) is 2.39. The van der Waals surface area contributed by atoms with E-state index in [9.17, 15) is 4.79 Å². The summed E-state index contributed by atoms with van der Waals surface area (Å²) in [6, 6.07) is 11.4. The first kappa shape index (κ1) is 17.5. The molecule has 1 aliphatic rings. The van der Waals surface area contributed by atoms with Crippen LogP contribution in [0, 0.1) is 0 Å². The molecule has 0 bridgehead atoms. The number of hydrogen-bond donors (Lipinski definition) is 2. The number of rotatable bonds is 4. The molecule has 6 nitrogen and oxygen atoms in total. The number of anilines is 1. The number of fused-ring (bicyclic) bond motifs is 1. The molecular weight excluding hydrogens is 342 g/mol. The van der Waals surface area contributed by atoms with Gasteiger partial charge in [0, 0.05) is 24.3 Å². The van der Waals surface area contributed by atoms with Gasteiger partial charge in [0.05, 0.1) is 5.56 Å². The predicted molar refractivity (Wildman–Crippen MR) is 104 cm³/mol. The number of carbonyl (C=O) groups is 1. The average Bonchev–Trinajstić information content (AvgIpc) is 3.35. The largest absolute Gasteiger partial charge is 0.436 e. The van der Waals surface area contributed by atoms with Crippen molar-refractivity contribution in [3.05, 3.63) is 47.5 Å². The Kier molecular flexibility index (Phi) is 4.58. The van der Waals surface area contributed by atoms with Crippen molar-refractivity contribution >= 4 is 22.7 Å². The number of amides is 1. The number of hydrogen-bond acceptors (Lipinski definition) is 5. The monoisotopic (exact) mass is 365 g/mol. The predicted octanol–water partition coefficient (Wildman–Crippen LogP) is 4.34. The summed E-state index contributed by atoms with van der Waals surface area (Å²) in [5.41, 5.74) is 6.58. The second-order valence-electron chi connectivity index (χ2n) is 7.27. The van der Waals surface area contributed by atoms with E-state index < -0.39 is 5.91 Å². The lowest BCUT2D eigenvalue weighted by Gasteiger charge is -2.22. The molecule has 1 saturated heterocycles. The highest BCUT2D eigenvalue weighted by molar-refractivity contribution is 5.96. The quantitative estimate of drug-likeness (QED) is 0.531. The van der Waals surface area contributed by atoms with Crippen molar-refractivity contribution in [3.8, 4) is 11.5 Å². The minimum atomic E-state index is -0.569. The summed E-state index contributed by atoms with van der Waals surface area (Å²) in [5.74, 6) is 0.424. The molecule has 4 rings (SSSR count). The van der Waals surface area contributed by atoms with Crippen molar-refractivity contribution in [3.63, 3.8) is 0 Å². The van der Waals surface area contributed by atoms with Crippen molar-refractivity contribution in [1.82, 2.24) is 10.5 Å². The summed E-state index contributed by atoms with van der Waals surface area (Å²) in [5, 5.41) is 8.82. The number of benzene rings is 2. The second-order valence-corrected chi connectivity index (χ2v) is 7.27. The van der Waals surface area contributed by atoms with Crippen LogP contribution >= 0.6 is 0 Å². The Morgan fingerprint density at radius 2 is 1.96 bits per heavy atom. The van der Waals surface area contributed by atoms with Gasteiger partial charge in [0.25, 0.3) is 5.91 Å². The zero-order valence-electron chi connectivity index (χ0n) is 15.5. The van der Waals surface area contributed by atoms with Gasteiger partial charge < -0.3 is 9.32 Å². The SMILES string of the molecule is CC(C)c1ccc(-c2nc3cc(C(=O)NO)ccc3o2)c(N2CCCC2)c1. The molecule has 2 aromatic carbocycles. The van der Waals surface area contributed by atoms with Gasteiger partial charge in [-0.3, -0.25) is 10.0 Å². The highest BCUT2D eigenvalue weighted by Gasteiger charge is 2.21. The fourth-order valence-electron chi connectivity index (χ4n) is 3.56. The lowest BCUT2D eigenvalue weighted by molar-refractivity contribution is 0.0706. The molecule has 2 heterocycles. The number of nitrogens with one attached hydrogen (secondary N) is 1. The zero-order valence-corrected chi connectivity index (χ0v) is 15.5. The van der Waals surface area contributed by atoms with Gasteiger partial charge in [0.2, 0.25) is 5.89 Å². The summed E-state index contributed by atoms with van der Waals surface area (Å²) in [6.45, 7) is 6.46. The lowest BCUT2D eigenvalue weighted by atomic mass is 9.99. The minimum absolute atomic E-state index is 0.333. The third-order valence-electron chi connectivity index (χ3n) is 5.12. The van der Waals surface area contributed by atoms with Gasteiger partial charge in [0.15, 0.2) is 5.58 Å². The molecule has 2 N–H and O–H groups in total. The number of aromatic nitrogens is 1. The van der Waals surface area contributed by atoms with Crippen LogP contribution in [0.2, 0.25) is 0 Å². The fraction of sp³-hybridized carbons (Fsp3) is 0.333. The second kappa shape index (κ2) is 7.04. The lowest BCUT2D eigenvalue weighted by Crippen LogP contribution is -2.18. The third-order valence-corrected chi connectivity index (χ3v) is 5.12. The van der Waals surface area contributed by atoms with Gasteiger partial charge in [-0.05, 0) is 54.7 Å². The number of oxazole rings is 1. The van der Waals surface area contributed by atoms with E-state index in [4.69, 9.17) is 9.62 Å². The van der Waals surface area contributed by atoms with Gasteiger partial charge in [-0.25, -0.2) is 10.5 Å². The van der Waals surface area contributed by atoms with E-state index in [1.165, 1.54) is 18.4 Å². The molecule has 6 heteroatoms. The van der Waals surface area contributed by atoms with Crippen LogP contribution in [0.4, 0.5) is 5.69 Å². The summed E-state index contributed by atoms with van der Waals surface area (Å²) in [7, 11) is 0. The molecule has 1 fully saturated rings. The summed E-state index contributed by atoms with van der Waals surface area (Å²) < 4.78 is 5.99.